The van der Waals surface area contributed by atoms with Gasteiger partial charge in [0, 0.05) is 46.1 Å². The lowest BCUT2D eigenvalue weighted by molar-refractivity contribution is 0.0692. The summed E-state index contributed by atoms with van der Waals surface area (Å²) in [5, 5.41) is 0. The number of rotatable bonds is 7. The van der Waals surface area contributed by atoms with Gasteiger partial charge in [-0.05, 0) is 24.0 Å². The summed E-state index contributed by atoms with van der Waals surface area (Å²) >= 11 is 0. The molecule has 1 fully saturated rings. The predicted octanol–water partition coefficient (Wildman–Crippen LogP) is 1.33. The molecule has 0 saturated carbocycles. The molecule has 0 aliphatic carbocycles. The van der Waals surface area contributed by atoms with Gasteiger partial charge in [-0.15, -0.1) is 0 Å². The van der Waals surface area contributed by atoms with Crippen LogP contribution in [-0.2, 0) is 14.8 Å². The molecule has 0 aromatic carbocycles. The summed E-state index contributed by atoms with van der Waals surface area (Å²) in [6.07, 6.45) is 2.21. The van der Waals surface area contributed by atoms with Crippen LogP contribution in [0.3, 0.4) is 0 Å². The molecule has 1 aromatic rings. The summed E-state index contributed by atoms with van der Waals surface area (Å²) in [7, 11) is -1.73. The molecule has 0 spiro atoms. The van der Waals surface area contributed by atoms with Crippen molar-refractivity contribution in [1.82, 2.24) is 14.2 Å². The Bertz CT molecular complexity index is 666. The van der Waals surface area contributed by atoms with Crippen LogP contribution in [-0.4, -0.2) is 74.2 Å². The number of nitrogens with zero attached hydrogens (tertiary/aromatic N) is 3. The maximum absolute atomic E-state index is 12.5. The molecule has 8 heteroatoms. The second kappa shape index (κ2) is 8.73. The number of carbonyl (C=O) groups is 1. The highest BCUT2D eigenvalue weighted by molar-refractivity contribution is 7.89. The lowest BCUT2D eigenvalue weighted by Gasteiger charge is -2.33. The Morgan fingerprint density at radius 1 is 1.24 bits per heavy atom. The van der Waals surface area contributed by atoms with Crippen LogP contribution >= 0.6 is 0 Å². The molecule has 0 N–H and O–H groups in total. The molecule has 0 bridgehead atoms. The second-order valence-electron chi connectivity index (χ2n) is 6.49. The SMILES string of the molecule is COCCCS(=O)(=O)N1CCN(C(=O)c2ccc(C(C)C)cn2)CC1. The monoisotopic (exact) mass is 369 g/mol. The number of hydrogen-bond donors (Lipinski definition) is 0. The second-order valence-corrected chi connectivity index (χ2v) is 8.57. The van der Waals surface area contributed by atoms with E-state index in [0.29, 0.717) is 50.8 Å². The van der Waals surface area contributed by atoms with Crippen LogP contribution in [0.1, 0.15) is 42.2 Å². The molecule has 140 valence electrons. The molecule has 2 heterocycles. The number of ether oxygens (including phenoxy) is 1. The standard InChI is InChI=1S/C17H27N3O4S/c1-14(2)15-5-6-16(18-13-15)17(21)19-7-9-20(10-8-19)25(22,23)12-4-11-24-3/h5-6,13-14H,4,7-12H2,1-3H3. The number of methoxy groups -OCH3 is 1. The van der Waals surface area contributed by atoms with Gasteiger partial charge in [0.2, 0.25) is 10.0 Å². The molecule has 1 saturated heterocycles. The summed E-state index contributed by atoms with van der Waals surface area (Å²) in [5.74, 6) is 0.294. The van der Waals surface area contributed by atoms with Crippen LogP contribution in [0.4, 0.5) is 0 Å². The van der Waals surface area contributed by atoms with Crippen molar-refractivity contribution in [3.63, 3.8) is 0 Å². The zero-order valence-electron chi connectivity index (χ0n) is 15.1. The smallest absolute Gasteiger partial charge is 0.272 e. The quantitative estimate of drug-likeness (QED) is 0.678. The van der Waals surface area contributed by atoms with Crippen LogP contribution in [0.2, 0.25) is 0 Å². The van der Waals surface area contributed by atoms with Gasteiger partial charge in [-0.1, -0.05) is 19.9 Å². The summed E-state index contributed by atoms with van der Waals surface area (Å²) in [4.78, 5) is 18.4. The fourth-order valence-electron chi connectivity index (χ4n) is 2.72. The number of pyridine rings is 1. The Morgan fingerprint density at radius 2 is 1.92 bits per heavy atom. The van der Waals surface area contributed by atoms with Gasteiger partial charge < -0.3 is 9.64 Å². The van der Waals surface area contributed by atoms with E-state index in [1.807, 2.05) is 6.07 Å². The maximum atomic E-state index is 12.5. The average molecular weight is 369 g/mol. The van der Waals surface area contributed by atoms with Crippen LogP contribution in [0.15, 0.2) is 18.3 Å². The molecule has 25 heavy (non-hydrogen) atoms. The Kier molecular flexibility index (Phi) is 6.92. The Hall–Kier alpha value is -1.51. The van der Waals surface area contributed by atoms with Crippen LogP contribution in [0.5, 0.6) is 0 Å². The van der Waals surface area contributed by atoms with E-state index >= 15 is 0 Å². The van der Waals surface area contributed by atoms with Crippen molar-refractivity contribution in [2.24, 2.45) is 0 Å². The van der Waals surface area contributed by atoms with Crippen molar-refractivity contribution < 1.29 is 17.9 Å². The first-order valence-electron chi connectivity index (χ1n) is 8.57. The van der Waals surface area contributed by atoms with Crippen molar-refractivity contribution in [2.75, 3.05) is 45.6 Å². The van der Waals surface area contributed by atoms with Crippen molar-refractivity contribution >= 4 is 15.9 Å². The Morgan fingerprint density at radius 3 is 2.44 bits per heavy atom. The normalized spacial score (nSPS) is 16.4. The number of sulfonamides is 1. The fraction of sp³-hybridized carbons (Fsp3) is 0.647. The zero-order valence-corrected chi connectivity index (χ0v) is 16.0. The van der Waals surface area contributed by atoms with Crippen LogP contribution in [0, 0.1) is 0 Å². The number of piperazine rings is 1. The van der Waals surface area contributed by atoms with Crippen molar-refractivity contribution in [3.05, 3.63) is 29.6 Å². The van der Waals surface area contributed by atoms with Crippen LogP contribution < -0.4 is 0 Å². The topological polar surface area (TPSA) is 79.8 Å². The van der Waals surface area contributed by atoms with Gasteiger partial charge in [0.25, 0.3) is 5.91 Å². The van der Waals surface area contributed by atoms with Gasteiger partial charge in [-0.25, -0.2) is 8.42 Å². The van der Waals surface area contributed by atoms with Gasteiger partial charge in [0.05, 0.1) is 5.75 Å². The summed E-state index contributed by atoms with van der Waals surface area (Å²) in [5.41, 5.74) is 1.49. The van der Waals surface area contributed by atoms with E-state index in [9.17, 15) is 13.2 Å². The molecular formula is C17H27N3O4S. The zero-order chi connectivity index (χ0) is 18.4. The van der Waals surface area contributed by atoms with Crippen molar-refractivity contribution in [1.29, 1.82) is 0 Å². The van der Waals surface area contributed by atoms with Gasteiger partial charge in [0.1, 0.15) is 5.69 Å². The van der Waals surface area contributed by atoms with Crippen molar-refractivity contribution in [2.45, 2.75) is 26.2 Å². The number of amides is 1. The first-order chi connectivity index (χ1) is 11.8. The van der Waals surface area contributed by atoms with Gasteiger partial charge in [0.15, 0.2) is 0 Å². The minimum absolute atomic E-state index is 0.0764. The number of carbonyl (C=O) groups excluding carboxylic acids is 1. The van der Waals surface area contributed by atoms with E-state index in [0.717, 1.165) is 5.56 Å². The molecule has 1 aliphatic heterocycles. The van der Waals surface area contributed by atoms with Gasteiger partial charge in [-0.3, -0.25) is 9.78 Å². The van der Waals surface area contributed by atoms with E-state index in [2.05, 4.69) is 18.8 Å². The minimum Gasteiger partial charge on any atom is -0.385 e. The molecule has 0 atom stereocenters. The van der Waals surface area contributed by atoms with Crippen LogP contribution in [0.25, 0.3) is 0 Å². The van der Waals surface area contributed by atoms with E-state index < -0.39 is 10.0 Å². The Labute approximate surface area is 150 Å². The highest BCUT2D eigenvalue weighted by atomic mass is 32.2. The molecule has 0 unspecified atom stereocenters. The fourth-order valence-corrected chi connectivity index (χ4v) is 4.18. The highest BCUT2D eigenvalue weighted by Crippen LogP contribution is 2.15. The van der Waals surface area contributed by atoms with E-state index in [-0.39, 0.29) is 11.7 Å². The Balaban J connectivity index is 1.91. The summed E-state index contributed by atoms with van der Waals surface area (Å²) in [6, 6.07) is 3.66. The third-order valence-corrected chi connectivity index (χ3v) is 6.30. The first-order valence-corrected chi connectivity index (χ1v) is 10.2. The first kappa shape index (κ1) is 19.8. The van der Waals surface area contributed by atoms with Gasteiger partial charge >= 0.3 is 0 Å². The third kappa shape index (κ3) is 5.23. The molecular weight excluding hydrogens is 342 g/mol. The molecule has 1 aliphatic rings. The molecule has 2 rings (SSSR count). The lowest BCUT2D eigenvalue weighted by atomic mass is 10.1. The molecule has 1 aromatic heterocycles. The third-order valence-electron chi connectivity index (χ3n) is 4.34. The number of hydrogen-bond acceptors (Lipinski definition) is 5. The minimum atomic E-state index is -3.28. The van der Waals surface area contributed by atoms with E-state index in [4.69, 9.17) is 4.74 Å². The highest BCUT2D eigenvalue weighted by Gasteiger charge is 2.29. The molecule has 7 nitrogen and oxygen atoms in total. The van der Waals surface area contributed by atoms with Gasteiger partial charge in [-0.2, -0.15) is 4.31 Å². The molecule has 0 radical (unpaired) electrons. The largest absolute Gasteiger partial charge is 0.385 e. The van der Waals surface area contributed by atoms with E-state index in [1.165, 1.54) is 4.31 Å². The summed E-state index contributed by atoms with van der Waals surface area (Å²) < 4.78 is 30.9. The number of aromatic nitrogens is 1. The summed E-state index contributed by atoms with van der Waals surface area (Å²) in [6.45, 7) is 5.99. The average Bonchev–Trinajstić information content (AvgIpc) is 2.61. The maximum Gasteiger partial charge on any atom is 0.272 e. The predicted molar refractivity (Wildman–Crippen MR) is 96.1 cm³/mol. The molecule has 1 amide bonds. The van der Waals surface area contributed by atoms with E-state index in [1.54, 1.807) is 24.3 Å². The van der Waals surface area contributed by atoms with Crippen molar-refractivity contribution in [3.8, 4) is 0 Å². The lowest BCUT2D eigenvalue weighted by Crippen LogP contribution is -2.51.